The quantitative estimate of drug-likeness (QED) is 0.771. The van der Waals surface area contributed by atoms with Gasteiger partial charge < -0.3 is 9.80 Å². The monoisotopic (exact) mass is 296 g/mol. The Morgan fingerprint density at radius 3 is 2.19 bits per heavy atom. The smallest absolute Gasteiger partial charge is 0.0555 e. The van der Waals surface area contributed by atoms with Crippen LogP contribution in [0.4, 0.5) is 11.4 Å². The van der Waals surface area contributed by atoms with Gasteiger partial charge >= 0.3 is 0 Å². The van der Waals surface area contributed by atoms with E-state index in [0.29, 0.717) is 6.04 Å². The van der Waals surface area contributed by atoms with Crippen molar-refractivity contribution in [2.24, 2.45) is 0 Å². The second-order valence-corrected chi connectivity index (χ2v) is 7.05. The molecule has 21 heavy (non-hydrogen) atoms. The highest BCUT2D eigenvalue weighted by molar-refractivity contribution is 7.99. The molecule has 1 unspecified atom stereocenters. The molecular weight excluding hydrogens is 276 g/mol. The first-order valence-corrected chi connectivity index (χ1v) is 8.48. The van der Waals surface area contributed by atoms with Crippen LogP contribution in [0.3, 0.4) is 0 Å². The number of fused-ring (bicyclic) bond motifs is 2. The fourth-order valence-corrected chi connectivity index (χ4v) is 4.55. The number of benzene rings is 2. The SMILES string of the molecule is CN1CCCC(N2c3ccccc3Sc3ccccc32)C1. The number of para-hydroxylation sites is 2. The van der Waals surface area contributed by atoms with E-state index in [1.807, 2.05) is 11.8 Å². The molecule has 0 saturated carbocycles. The van der Waals surface area contributed by atoms with Gasteiger partial charge in [0.05, 0.1) is 11.4 Å². The number of nitrogens with zero attached hydrogens (tertiary/aromatic N) is 2. The van der Waals surface area contributed by atoms with Gasteiger partial charge in [0, 0.05) is 22.4 Å². The summed E-state index contributed by atoms with van der Waals surface area (Å²) in [5, 5.41) is 0. The minimum atomic E-state index is 0.576. The summed E-state index contributed by atoms with van der Waals surface area (Å²) >= 11 is 1.90. The summed E-state index contributed by atoms with van der Waals surface area (Å²) in [6, 6.07) is 18.2. The van der Waals surface area contributed by atoms with Crippen molar-refractivity contribution in [2.45, 2.75) is 28.7 Å². The van der Waals surface area contributed by atoms with Crippen molar-refractivity contribution in [3.05, 3.63) is 48.5 Å². The third-order valence-corrected chi connectivity index (χ3v) is 5.56. The Bertz CT molecular complexity index is 610. The van der Waals surface area contributed by atoms with Crippen LogP contribution in [0.5, 0.6) is 0 Å². The van der Waals surface area contributed by atoms with Crippen molar-refractivity contribution in [3.63, 3.8) is 0 Å². The van der Waals surface area contributed by atoms with E-state index in [9.17, 15) is 0 Å². The van der Waals surface area contributed by atoms with Gasteiger partial charge in [-0.1, -0.05) is 36.0 Å². The predicted octanol–water partition coefficient (Wildman–Crippen LogP) is 4.38. The minimum Gasteiger partial charge on any atom is -0.335 e. The third kappa shape index (κ3) is 2.34. The van der Waals surface area contributed by atoms with Gasteiger partial charge in [-0.3, -0.25) is 0 Å². The maximum absolute atomic E-state index is 2.58. The lowest BCUT2D eigenvalue weighted by molar-refractivity contribution is 0.250. The molecule has 0 N–H and O–H groups in total. The predicted molar refractivity (Wildman–Crippen MR) is 89.7 cm³/mol. The van der Waals surface area contributed by atoms with Crippen LogP contribution in [-0.2, 0) is 0 Å². The van der Waals surface area contributed by atoms with E-state index in [-0.39, 0.29) is 0 Å². The molecule has 2 heterocycles. The van der Waals surface area contributed by atoms with Gasteiger partial charge in [-0.2, -0.15) is 0 Å². The highest BCUT2D eigenvalue weighted by Crippen LogP contribution is 2.49. The molecule has 0 amide bonds. The molecule has 108 valence electrons. The molecule has 0 radical (unpaired) electrons. The zero-order valence-corrected chi connectivity index (χ0v) is 13.1. The van der Waals surface area contributed by atoms with Crippen molar-refractivity contribution in [2.75, 3.05) is 25.0 Å². The van der Waals surface area contributed by atoms with E-state index in [1.54, 1.807) is 0 Å². The first-order valence-electron chi connectivity index (χ1n) is 7.66. The normalized spacial score (nSPS) is 21.8. The molecule has 3 heteroatoms. The average molecular weight is 296 g/mol. The van der Waals surface area contributed by atoms with Crippen molar-refractivity contribution in [1.29, 1.82) is 0 Å². The Morgan fingerprint density at radius 2 is 1.57 bits per heavy atom. The lowest BCUT2D eigenvalue weighted by Gasteiger charge is -2.42. The Kier molecular flexibility index (Phi) is 3.40. The molecule has 1 atom stereocenters. The number of rotatable bonds is 1. The molecule has 1 saturated heterocycles. The molecule has 4 rings (SSSR count). The number of hydrogen-bond donors (Lipinski definition) is 0. The van der Waals surface area contributed by atoms with Crippen LogP contribution in [0.15, 0.2) is 58.3 Å². The molecule has 0 spiro atoms. The molecule has 2 nitrogen and oxygen atoms in total. The lowest BCUT2D eigenvalue weighted by atomic mass is 10.0. The van der Waals surface area contributed by atoms with Crippen LogP contribution in [-0.4, -0.2) is 31.1 Å². The second kappa shape index (κ2) is 5.39. The molecule has 1 fully saturated rings. The van der Waals surface area contributed by atoms with Crippen molar-refractivity contribution < 1.29 is 0 Å². The van der Waals surface area contributed by atoms with Crippen molar-refractivity contribution in [3.8, 4) is 0 Å². The molecule has 0 aromatic heterocycles. The standard InChI is InChI=1S/C18H20N2S/c1-19-12-6-7-14(13-19)20-15-8-2-4-10-17(15)21-18-11-5-3-9-16(18)20/h2-5,8-11,14H,6-7,12-13H2,1H3. The van der Waals surface area contributed by atoms with Crippen LogP contribution in [0.25, 0.3) is 0 Å². The van der Waals surface area contributed by atoms with Gasteiger partial charge in [0.2, 0.25) is 0 Å². The van der Waals surface area contributed by atoms with Crippen LogP contribution in [0.2, 0.25) is 0 Å². The molecule has 2 aromatic carbocycles. The van der Waals surface area contributed by atoms with Crippen molar-refractivity contribution in [1.82, 2.24) is 4.90 Å². The highest BCUT2D eigenvalue weighted by atomic mass is 32.2. The maximum Gasteiger partial charge on any atom is 0.0555 e. The molecular formula is C18H20N2S. The lowest BCUT2D eigenvalue weighted by Crippen LogP contribution is -2.45. The number of likely N-dealkylation sites (tertiary alicyclic amines) is 1. The molecule has 0 aliphatic carbocycles. The number of piperidine rings is 1. The van der Waals surface area contributed by atoms with Gasteiger partial charge in [0.1, 0.15) is 0 Å². The summed E-state index contributed by atoms with van der Waals surface area (Å²) < 4.78 is 0. The van der Waals surface area contributed by atoms with Crippen LogP contribution in [0.1, 0.15) is 12.8 Å². The summed E-state index contributed by atoms with van der Waals surface area (Å²) in [4.78, 5) is 7.80. The van der Waals surface area contributed by atoms with Gasteiger partial charge in [0.25, 0.3) is 0 Å². The highest BCUT2D eigenvalue weighted by Gasteiger charge is 2.30. The summed E-state index contributed by atoms with van der Waals surface area (Å²) in [7, 11) is 2.24. The second-order valence-electron chi connectivity index (χ2n) is 5.97. The topological polar surface area (TPSA) is 6.48 Å². The van der Waals surface area contributed by atoms with Gasteiger partial charge in [-0.05, 0) is 50.7 Å². The van der Waals surface area contributed by atoms with E-state index in [4.69, 9.17) is 0 Å². The van der Waals surface area contributed by atoms with Crippen LogP contribution >= 0.6 is 11.8 Å². The van der Waals surface area contributed by atoms with Crippen LogP contribution in [0, 0.1) is 0 Å². The Hall–Kier alpha value is -1.45. The average Bonchev–Trinajstić information content (AvgIpc) is 2.52. The molecule has 0 bridgehead atoms. The summed E-state index contributed by atoms with van der Waals surface area (Å²) in [5.41, 5.74) is 2.75. The first-order chi connectivity index (χ1) is 10.3. The molecule has 2 aliphatic rings. The zero-order valence-electron chi connectivity index (χ0n) is 12.3. The largest absolute Gasteiger partial charge is 0.335 e. The fraction of sp³-hybridized carbons (Fsp3) is 0.333. The van der Waals surface area contributed by atoms with Gasteiger partial charge in [0.15, 0.2) is 0 Å². The Labute approximate surface area is 130 Å². The first kappa shape index (κ1) is 13.2. The van der Waals surface area contributed by atoms with Gasteiger partial charge in [-0.15, -0.1) is 0 Å². The summed E-state index contributed by atoms with van der Waals surface area (Å²) in [6.07, 6.45) is 2.56. The third-order valence-electron chi connectivity index (χ3n) is 4.43. The summed E-state index contributed by atoms with van der Waals surface area (Å²) in [5.74, 6) is 0. The van der Waals surface area contributed by atoms with E-state index in [2.05, 4.69) is 65.4 Å². The van der Waals surface area contributed by atoms with E-state index in [1.165, 1.54) is 40.6 Å². The fourth-order valence-electron chi connectivity index (χ4n) is 3.48. The zero-order chi connectivity index (χ0) is 14.2. The van der Waals surface area contributed by atoms with Gasteiger partial charge in [-0.25, -0.2) is 0 Å². The number of likely N-dealkylation sites (N-methyl/N-ethyl adjacent to an activating group) is 1. The maximum atomic E-state index is 2.58. The molecule has 2 aliphatic heterocycles. The molecule has 2 aromatic rings. The van der Waals surface area contributed by atoms with Crippen molar-refractivity contribution >= 4 is 23.1 Å². The summed E-state index contributed by atoms with van der Waals surface area (Å²) in [6.45, 7) is 2.37. The number of hydrogen-bond acceptors (Lipinski definition) is 3. The van der Waals surface area contributed by atoms with E-state index in [0.717, 1.165) is 6.54 Å². The van der Waals surface area contributed by atoms with E-state index < -0.39 is 0 Å². The van der Waals surface area contributed by atoms with E-state index >= 15 is 0 Å². The number of anilines is 2. The van der Waals surface area contributed by atoms with Crippen LogP contribution < -0.4 is 4.90 Å². The Morgan fingerprint density at radius 1 is 0.952 bits per heavy atom. The minimum absolute atomic E-state index is 0.576. The Balaban J connectivity index is 1.81.